The van der Waals surface area contributed by atoms with Gasteiger partial charge < -0.3 is 23.5 Å². The lowest BCUT2D eigenvalue weighted by molar-refractivity contribution is -0.122. The van der Waals surface area contributed by atoms with Crippen molar-refractivity contribution in [2.24, 2.45) is 0 Å². The zero-order valence-electron chi connectivity index (χ0n) is 28.7. The summed E-state index contributed by atoms with van der Waals surface area (Å²) in [6.07, 6.45) is 1.81. The molecule has 2 aromatic carbocycles. The summed E-state index contributed by atoms with van der Waals surface area (Å²) in [5, 5.41) is 0. The van der Waals surface area contributed by atoms with E-state index in [1.807, 2.05) is 51.1 Å². The van der Waals surface area contributed by atoms with Crippen LogP contribution in [0.1, 0.15) is 71.9 Å². The number of piperidine rings is 1. The van der Waals surface area contributed by atoms with E-state index in [4.69, 9.17) is 9.47 Å². The van der Waals surface area contributed by atoms with Gasteiger partial charge in [-0.05, 0) is 71.6 Å². The van der Waals surface area contributed by atoms with Crippen LogP contribution in [0.4, 0.5) is 22.8 Å². The average Bonchev–Trinajstić information content (AvgIpc) is 2.96. The average molecular weight is 711 g/mol. The molecule has 0 aliphatic carbocycles. The van der Waals surface area contributed by atoms with Crippen molar-refractivity contribution in [1.29, 1.82) is 0 Å². The van der Waals surface area contributed by atoms with Crippen LogP contribution in [-0.4, -0.2) is 78.1 Å². The molecule has 2 unspecified atom stereocenters. The van der Waals surface area contributed by atoms with Crippen LogP contribution in [0.25, 0.3) is 0 Å². The van der Waals surface area contributed by atoms with E-state index in [9.17, 15) is 36.0 Å². The van der Waals surface area contributed by atoms with Gasteiger partial charge in [0.1, 0.15) is 22.7 Å². The number of ketones is 1. The Kier molecular flexibility index (Phi) is 12.9. The molecule has 1 saturated heterocycles. The van der Waals surface area contributed by atoms with E-state index in [1.165, 1.54) is 4.90 Å². The number of Topliss-reactive ketones (excluding diaryl/α,β-unsaturated/α-hetero) is 1. The summed E-state index contributed by atoms with van der Waals surface area (Å²) in [5.74, 6) is -0.131. The number of carbonyl (C=O) groups is 3. The summed E-state index contributed by atoms with van der Waals surface area (Å²) in [4.78, 5) is 39.6. The molecule has 1 fully saturated rings. The first kappa shape index (κ1) is 39.4. The Morgan fingerprint density at radius 1 is 0.755 bits per heavy atom. The van der Waals surface area contributed by atoms with E-state index in [0.29, 0.717) is 32.2 Å². The Hall–Kier alpha value is -4.07. The number of nitrogens with zero attached hydrogens (tertiary/aromatic N) is 2. The highest BCUT2D eigenvalue weighted by atomic mass is 32.2. The Balaban J connectivity index is 0.000000276. The molecule has 49 heavy (non-hydrogen) atoms. The summed E-state index contributed by atoms with van der Waals surface area (Å²) < 4.78 is 75.5. The second-order valence-electron chi connectivity index (χ2n) is 13.8. The third-order valence-corrected chi connectivity index (χ3v) is 8.31. The highest BCUT2D eigenvalue weighted by molar-refractivity contribution is 7.87. The van der Waals surface area contributed by atoms with Crippen molar-refractivity contribution >= 4 is 28.1 Å². The number of likely N-dealkylation sites (tertiary alicyclic amines) is 1. The monoisotopic (exact) mass is 710 g/mol. The standard InChI is InChI=1S/C18H22F3NO5S.C17H23NO3/c1-17(2,3)26-16(23)22-10-9-15(27-28(24,25)18(19,20)21)12-14(22)11-13-7-5-4-6-8-13;1-17(2,3)21-16(20)18-10-9-15(19)12-14(18)11-13-7-5-4-6-8-13/h4-9,14H,10-12H2,1-3H3;4-8,14H,9-12H2,1-3H3. The van der Waals surface area contributed by atoms with Gasteiger partial charge in [-0.3, -0.25) is 4.79 Å². The van der Waals surface area contributed by atoms with Crippen molar-refractivity contribution < 1.29 is 49.6 Å². The largest absolute Gasteiger partial charge is 0.534 e. The zero-order chi connectivity index (χ0) is 36.6. The fraction of sp³-hybridized carbons (Fsp3) is 0.514. The Labute approximate surface area is 286 Å². The number of ether oxygens (including phenoxy) is 2. The van der Waals surface area contributed by atoms with Gasteiger partial charge >= 0.3 is 27.8 Å². The maximum atomic E-state index is 12.6. The van der Waals surface area contributed by atoms with Crippen molar-refractivity contribution in [3.8, 4) is 0 Å². The molecule has 2 atom stereocenters. The first-order chi connectivity index (χ1) is 22.6. The van der Waals surface area contributed by atoms with Crippen LogP contribution in [0.2, 0.25) is 0 Å². The molecule has 4 rings (SSSR count). The van der Waals surface area contributed by atoms with Crippen molar-refractivity contribution in [2.75, 3.05) is 13.1 Å². The highest BCUT2D eigenvalue weighted by Gasteiger charge is 2.49. The number of carbonyl (C=O) groups excluding carboxylic acids is 3. The van der Waals surface area contributed by atoms with Crippen LogP contribution in [0.15, 0.2) is 72.5 Å². The van der Waals surface area contributed by atoms with Gasteiger partial charge in [0.2, 0.25) is 0 Å². The molecule has 0 radical (unpaired) electrons. The molecule has 0 saturated carbocycles. The maximum Gasteiger partial charge on any atom is 0.534 e. The predicted octanol–water partition coefficient (Wildman–Crippen LogP) is 7.19. The van der Waals surface area contributed by atoms with E-state index in [-0.39, 0.29) is 36.6 Å². The Morgan fingerprint density at radius 2 is 1.20 bits per heavy atom. The number of hydrogen-bond donors (Lipinski definition) is 0. The summed E-state index contributed by atoms with van der Waals surface area (Å²) in [6, 6.07) is 18.2. The van der Waals surface area contributed by atoms with E-state index >= 15 is 0 Å². The van der Waals surface area contributed by atoms with Crippen LogP contribution in [0.3, 0.4) is 0 Å². The number of halogens is 3. The van der Waals surface area contributed by atoms with Gasteiger partial charge in [-0.15, -0.1) is 0 Å². The fourth-order valence-corrected chi connectivity index (χ4v) is 5.69. The minimum absolute atomic E-state index is 0.108. The summed E-state index contributed by atoms with van der Waals surface area (Å²) in [5.41, 5.74) is -4.83. The van der Waals surface area contributed by atoms with Crippen molar-refractivity contribution in [3.63, 3.8) is 0 Å². The number of rotatable bonds is 6. The summed E-state index contributed by atoms with van der Waals surface area (Å²) in [7, 11) is -5.76. The van der Waals surface area contributed by atoms with Gasteiger partial charge in [-0.1, -0.05) is 60.7 Å². The van der Waals surface area contributed by atoms with Gasteiger partial charge in [0, 0.05) is 44.4 Å². The maximum absolute atomic E-state index is 12.6. The predicted molar refractivity (Wildman–Crippen MR) is 177 cm³/mol. The van der Waals surface area contributed by atoms with Crippen molar-refractivity contribution in [1.82, 2.24) is 9.80 Å². The second-order valence-corrected chi connectivity index (χ2v) is 15.4. The van der Waals surface area contributed by atoms with E-state index in [1.54, 1.807) is 56.0 Å². The smallest absolute Gasteiger partial charge is 0.444 e. The van der Waals surface area contributed by atoms with Gasteiger partial charge in [-0.2, -0.15) is 21.6 Å². The third kappa shape index (κ3) is 12.7. The van der Waals surface area contributed by atoms with Gasteiger partial charge in [0.05, 0.1) is 0 Å². The molecule has 14 heteroatoms. The molecule has 2 amide bonds. The zero-order valence-corrected chi connectivity index (χ0v) is 29.5. The molecule has 0 aromatic heterocycles. The quantitative estimate of drug-likeness (QED) is 0.228. The SMILES string of the molecule is CC(C)(C)OC(=O)N1CC=C(OS(=O)(=O)C(F)(F)F)CC1Cc1ccccc1.CC(C)(C)OC(=O)N1CCC(=O)CC1Cc1ccccc1. The number of alkyl halides is 3. The third-order valence-electron chi connectivity index (χ3n) is 7.31. The minimum atomic E-state index is -5.76. The van der Waals surface area contributed by atoms with Gasteiger partial charge in [0.15, 0.2) is 0 Å². The van der Waals surface area contributed by atoms with E-state index in [2.05, 4.69) is 4.18 Å². The van der Waals surface area contributed by atoms with Crippen LogP contribution < -0.4 is 0 Å². The molecular weight excluding hydrogens is 665 g/mol. The van der Waals surface area contributed by atoms with Crippen LogP contribution >= 0.6 is 0 Å². The fourth-order valence-electron chi connectivity index (χ4n) is 5.18. The van der Waals surface area contributed by atoms with Crippen molar-refractivity contribution in [2.45, 2.75) is 102 Å². The van der Waals surface area contributed by atoms with Crippen LogP contribution in [0, 0.1) is 0 Å². The van der Waals surface area contributed by atoms with Crippen molar-refractivity contribution in [3.05, 3.63) is 83.6 Å². The highest BCUT2D eigenvalue weighted by Crippen LogP contribution is 2.31. The second kappa shape index (κ2) is 16.1. The normalized spacial score (nSPS) is 18.9. The molecular formula is C35H45F3N2O8S. The van der Waals surface area contributed by atoms with E-state index in [0.717, 1.165) is 17.2 Å². The van der Waals surface area contributed by atoms with Crippen LogP contribution in [0.5, 0.6) is 0 Å². The molecule has 10 nitrogen and oxygen atoms in total. The molecule has 0 spiro atoms. The Bertz CT molecular complexity index is 1570. The molecule has 0 bridgehead atoms. The first-order valence-corrected chi connectivity index (χ1v) is 17.3. The van der Waals surface area contributed by atoms with Crippen LogP contribution in [-0.2, 0) is 41.4 Å². The van der Waals surface area contributed by atoms with E-state index < -0.39 is 39.0 Å². The molecule has 2 heterocycles. The Morgan fingerprint density at radius 3 is 1.65 bits per heavy atom. The number of amides is 2. The molecule has 2 aromatic rings. The number of benzene rings is 2. The lowest BCUT2D eigenvalue weighted by Gasteiger charge is -2.36. The first-order valence-electron chi connectivity index (χ1n) is 15.9. The molecule has 2 aliphatic heterocycles. The summed E-state index contributed by atoms with van der Waals surface area (Å²) in [6.45, 7) is 11.0. The summed E-state index contributed by atoms with van der Waals surface area (Å²) >= 11 is 0. The topological polar surface area (TPSA) is 120 Å². The van der Waals surface area contributed by atoms with Gasteiger partial charge in [-0.25, -0.2) is 9.59 Å². The molecule has 2 aliphatic rings. The minimum Gasteiger partial charge on any atom is -0.444 e. The van der Waals surface area contributed by atoms with Gasteiger partial charge in [0.25, 0.3) is 0 Å². The number of hydrogen-bond acceptors (Lipinski definition) is 8. The molecule has 270 valence electrons. The molecule has 0 N–H and O–H groups in total. The lowest BCUT2D eigenvalue weighted by atomic mass is 9.95. The lowest BCUT2D eigenvalue weighted by Crippen LogP contribution is -2.49.